The second kappa shape index (κ2) is 4.87. The molecule has 20 heavy (non-hydrogen) atoms. The molecule has 1 heterocycles. The van der Waals surface area contributed by atoms with E-state index in [-0.39, 0.29) is 5.56 Å². The Morgan fingerprint density at radius 1 is 1.15 bits per heavy atom. The summed E-state index contributed by atoms with van der Waals surface area (Å²) in [4.78, 5) is 17.7. The average Bonchev–Trinajstić information content (AvgIpc) is 2.37. The molecule has 1 aromatic heterocycles. The Labute approximate surface area is 109 Å². The Bertz CT molecular complexity index is 653. The Kier molecular flexibility index (Phi) is 3.39. The minimum absolute atomic E-state index is 0.279. The average molecular weight is 286 g/mol. The van der Waals surface area contributed by atoms with Gasteiger partial charge in [-0.15, -0.1) is 0 Å². The lowest BCUT2D eigenvalue weighted by atomic mass is 10.1. The van der Waals surface area contributed by atoms with E-state index in [1.165, 1.54) is 0 Å². The van der Waals surface area contributed by atoms with Crippen molar-refractivity contribution >= 4 is 5.97 Å². The first-order chi connectivity index (χ1) is 9.29. The number of carboxylic acids is 1. The number of carboxylic acid groups (broad SMARTS) is 1. The summed E-state index contributed by atoms with van der Waals surface area (Å²) in [6.07, 6.45) is -2.98. The van der Waals surface area contributed by atoms with Crippen molar-refractivity contribution < 1.29 is 27.5 Å². The van der Waals surface area contributed by atoms with E-state index in [9.17, 15) is 22.4 Å². The summed E-state index contributed by atoms with van der Waals surface area (Å²) >= 11 is 0. The van der Waals surface area contributed by atoms with Gasteiger partial charge < -0.3 is 5.11 Å². The molecular weight excluding hydrogens is 280 g/mol. The second-order valence-electron chi connectivity index (χ2n) is 3.79. The van der Waals surface area contributed by atoms with E-state index < -0.39 is 34.9 Å². The van der Waals surface area contributed by atoms with Gasteiger partial charge >= 0.3 is 12.1 Å². The monoisotopic (exact) mass is 286 g/mol. The molecule has 1 N–H and O–H groups in total. The fourth-order valence-corrected chi connectivity index (χ4v) is 1.53. The molecule has 0 saturated carbocycles. The van der Waals surface area contributed by atoms with Gasteiger partial charge in [0.25, 0.3) is 0 Å². The number of aromatic nitrogens is 2. The van der Waals surface area contributed by atoms with E-state index in [0.717, 1.165) is 12.4 Å². The van der Waals surface area contributed by atoms with Gasteiger partial charge in [0.1, 0.15) is 5.82 Å². The lowest BCUT2D eigenvalue weighted by Gasteiger charge is -2.11. The van der Waals surface area contributed by atoms with Crippen molar-refractivity contribution in [3.63, 3.8) is 0 Å². The molecule has 0 fully saturated rings. The van der Waals surface area contributed by atoms with Crippen LogP contribution in [0.4, 0.5) is 17.6 Å². The third-order valence-electron chi connectivity index (χ3n) is 2.43. The summed E-state index contributed by atoms with van der Waals surface area (Å²) < 4.78 is 51.5. The zero-order valence-electron chi connectivity index (χ0n) is 9.65. The van der Waals surface area contributed by atoms with Crippen LogP contribution in [0.3, 0.4) is 0 Å². The molecule has 2 aromatic rings. The highest BCUT2D eigenvalue weighted by Crippen LogP contribution is 2.36. The minimum atomic E-state index is -4.70. The maximum atomic E-state index is 13.1. The standard InChI is InChI=1S/C12H6F4N2O2/c13-7-1-2-9(12(14,15)16)8(3-7)10-17-4-6(5-18-10)11(19)20/h1-5H,(H,19,20). The molecule has 8 heteroatoms. The number of halogens is 4. The third kappa shape index (κ3) is 2.73. The van der Waals surface area contributed by atoms with Crippen molar-refractivity contribution in [2.75, 3.05) is 0 Å². The number of nitrogens with zero attached hydrogens (tertiary/aromatic N) is 2. The predicted molar refractivity (Wildman–Crippen MR) is 59.4 cm³/mol. The summed E-state index contributed by atoms with van der Waals surface area (Å²) in [5, 5.41) is 8.65. The van der Waals surface area contributed by atoms with Crippen LogP contribution in [0.15, 0.2) is 30.6 Å². The van der Waals surface area contributed by atoms with Crippen molar-refractivity contribution in [2.45, 2.75) is 6.18 Å². The van der Waals surface area contributed by atoms with Crippen LogP contribution in [0.2, 0.25) is 0 Å². The van der Waals surface area contributed by atoms with Crippen molar-refractivity contribution in [1.82, 2.24) is 9.97 Å². The van der Waals surface area contributed by atoms with Crippen LogP contribution < -0.4 is 0 Å². The second-order valence-corrected chi connectivity index (χ2v) is 3.79. The van der Waals surface area contributed by atoms with Crippen LogP contribution in [-0.2, 0) is 6.18 Å². The molecule has 0 aliphatic rings. The van der Waals surface area contributed by atoms with E-state index in [0.29, 0.717) is 18.2 Å². The Morgan fingerprint density at radius 3 is 2.25 bits per heavy atom. The maximum Gasteiger partial charge on any atom is 0.417 e. The molecule has 0 aliphatic heterocycles. The lowest BCUT2D eigenvalue weighted by molar-refractivity contribution is -0.137. The van der Waals surface area contributed by atoms with Gasteiger partial charge in [0, 0.05) is 18.0 Å². The highest BCUT2D eigenvalue weighted by molar-refractivity contribution is 5.86. The quantitative estimate of drug-likeness (QED) is 0.862. The molecule has 0 radical (unpaired) electrons. The first-order valence-electron chi connectivity index (χ1n) is 5.21. The number of benzene rings is 1. The number of carbonyl (C=O) groups is 1. The summed E-state index contributed by atoms with van der Waals surface area (Å²) in [6, 6.07) is 1.91. The van der Waals surface area contributed by atoms with Crippen molar-refractivity contribution in [3.05, 3.63) is 47.5 Å². The number of hydrogen-bond acceptors (Lipinski definition) is 3. The molecule has 0 amide bonds. The van der Waals surface area contributed by atoms with E-state index in [2.05, 4.69) is 9.97 Å². The molecule has 4 nitrogen and oxygen atoms in total. The topological polar surface area (TPSA) is 63.1 Å². The molecule has 0 spiro atoms. The van der Waals surface area contributed by atoms with Crippen molar-refractivity contribution in [1.29, 1.82) is 0 Å². The van der Waals surface area contributed by atoms with Gasteiger partial charge in [-0.2, -0.15) is 13.2 Å². The Morgan fingerprint density at radius 2 is 1.75 bits per heavy atom. The highest BCUT2D eigenvalue weighted by atomic mass is 19.4. The van der Waals surface area contributed by atoms with Gasteiger partial charge in [0.15, 0.2) is 5.82 Å². The van der Waals surface area contributed by atoms with Gasteiger partial charge in [-0.25, -0.2) is 19.2 Å². The fraction of sp³-hybridized carbons (Fsp3) is 0.0833. The fourth-order valence-electron chi connectivity index (χ4n) is 1.53. The first kappa shape index (κ1) is 13.9. The number of hydrogen-bond donors (Lipinski definition) is 1. The number of rotatable bonds is 2. The summed E-state index contributed by atoms with van der Waals surface area (Å²) in [5.74, 6) is -2.59. The zero-order valence-corrected chi connectivity index (χ0v) is 9.65. The molecule has 0 aliphatic carbocycles. The Balaban J connectivity index is 2.56. The summed E-state index contributed by atoms with van der Waals surface area (Å²) in [5.41, 5.74) is -1.92. The molecule has 0 unspecified atom stereocenters. The Hall–Kier alpha value is -2.51. The van der Waals surface area contributed by atoms with Crippen LogP contribution in [-0.4, -0.2) is 21.0 Å². The van der Waals surface area contributed by atoms with Crippen LogP contribution >= 0.6 is 0 Å². The van der Waals surface area contributed by atoms with Gasteiger partial charge in [-0.3, -0.25) is 0 Å². The minimum Gasteiger partial charge on any atom is -0.478 e. The molecule has 0 saturated heterocycles. The number of alkyl halides is 3. The SMILES string of the molecule is O=C(O)c1cnc(-c2cc(F)ccc2C(F)(F)F)nc1. The van der Waals surface area contributed by atoms with E-state index in [4.69, 9.17) is 5.11 Å². The molecule has 104 valence electrons. The zero-order chi connectivity index (χ0) is 14.9. The normalized spacial score (nSPS) is 11.4. The van der Waals surface area contributed by atoms with Gasteiger partial charge in [-0.1, -0.05) is 0 Å². The molecule has 0 atom stereocenters. The van der Waals surface area contributed by atoms with E-state index in [1.807, 2.05) is 0 Å². The van der Waals surface area contributed by atoms with Crippen LogP contribution in [0.25, 0.3) is 11.4 Å². The highest BCUT2D eigenvalue weighted by Gasteiger charge is 2.34. The first-order valence-corrected chi connectivity index (χ1v) is 5.21. The predicted octanol–water partition coefficient (Wildman–Crippen LogP) is 3.00. The lowest BCUT2D eigenvalue weighted by Crippen LogP contribution is -2.09. The van der Waals surface area contributed by atoms with Crippen LogP contribution in [0, 0.1) is 5.82 Å². The van der Waals surface area contributed by atoms with E-state index >= 15 is 0 Å². The molecule has 1 aromatic carbocycles. The maximum absolute atomic E-state index is 13.1. The number of aromatic carboxylic acids is 1. The summed E-state index contributed by atoms with van der Waals surface area (Å²) in [7, 11) is 0. The molecule has 2 rings (SSSR count). The largest absolute Gasteiger partial charge is 0.478 e. The van der Waals surface area contributed by atoms with Gasteiger partial charge in [-0.05, 0) is 18.2 Å². The summed E-state index contributed by atoms with van der Waals surface area (Å²) in [6.45, 7) is 0. The van der Waals surface area contributed by atoms with Gasteiger partial charge in [0.05, 0.1) is 11.1 Å². The van der Waals surface area contributed by atoms with Crippen LogP contribution in [0.5, 0.6) is 0 Å². The van der Waals surface area contributed by atoms with Crippen molar-refractivity contribution in [3.8, 4) is 11.4 Å². The van der Waals surface area contributed by atoms with Gasteiger partial charge in [0.2, 0.25) is 0 Å². The van der Waals surface area contributed by atoms with Crippen LogP contribution in [0.1, 0.15) is 15.9 Å². The van der Waals surface area contributed by atoms with E-state index in [1.54, 1.807) is 0 Å². The van der Waals surface area contributed by atoms with Crippen molar-refractivity contribution in [2.24, 2.45) is 0 Å². The third-order valence-corrected chi connectivity index (χ3v) is 2.43. The molecular formula is C12H6F4N2O2. The molecule has 0 bridgehead atoms. The smallest absolute Gasteiger partial charge is 0.417 e.